The number of rotatable bonds is 3. The van der Waals surface area contributed by atoms with Crippen LogP contribution in [0.15, 0.2) is 36.7 Å². The summed E-state index contributed by atoms with van der Waals surface area (Å²) in [7, 11) is 0. The van der Waals surface area contributed by atoms with E-state index in [1.807, 2.05) is 0 Å². The molecule has 0 atom stereocenters. The van der Waals surface area contributed by atoms with Crippen LogP contribution < -0.4 is 0 Å². The maximum atomic E-state index is 11.1. The van der Waals surface area contributed by atoms with Crippen molar-refractivity contribution in [1.29, 1.82) is 0 Å². The van der Waals surface area contributed by atoms with Crippen LogP contribution in [0, 0.1) is 3.57 Å². The molecule has 0 amide bonds. The maximum Gasteiger partial charge on any atom is 0.162 e. The highest BCUT2D eigenvalue weighted by Gasteiger charge is 2.03. The second-order valence-electron chi connectivity index (χ2n) is 3.61. The molecule has 2 rings (SSSR count). The lowest BCUT2D eigenvalue weighted by atomic mass is 10.2. The summed E-state index contributed by atoms with van der Waals surface area (Å²) in [5, 5.41) is 4.15. The Balaban J connectivity index is 2.14. The molecule has 4 heteroatoms. The van der Waals surface area contributed by atoms with Gasteiger partial charge in [0.05, 0.1) is 18.3 Å². The summed E-state index contributed by atoms with van der Waals surface area (Å²) in [6.45, 7) is 2.25. The molecule has 3 nitrogen and oxygen atoms in total. The molecule has 0 unspecified atom stereocenters. The summed E-state index contributed by atoms with van der Waals surface area (Å²) in [5.41, 5.74) is 1.84. The lowest BCUT2D eigenvalue weighted by molar-refractivity contribution is 0.101. The van der Waals surface area contributed by atoms with Crippen molar-refractivity contribution in [2.75, 3.05) is 0 Å². The van der Waals surface area contributed by atoms with Crippen LogP contribution in [0.3, 0.4) is 0 Å². The second-order valence-corrected chi connectivity index (χ2v) is 4.85. The molecule has 2 aromatic rings. The zero-order valence-electron chi connectivity index (χ0n) is 8.85. The molecule has 0 bridgehead atoms. The second kappa shape index (κ2) is 4.78. The summed E-state index contributed by atoms with van der Waals surface area (Å²) in [5.74, 6) is 0.0499. The first-order chi connectivity index (χ1) is 7.65. The van der Waals surface area contributed by atoms with E-state index < -0.39 is 0 Å². The van der Waals surface area contributed by atoms with E-state index >= 15 is 0 Å². The lowest BCUT2D eigenvalue weighted by Crippen LogP contribution is -1.99. The summed E-state index contributed by atoms with van der Waals surface area (Å²) in [4.78, 5) is 11.1. The van der Waals surface area contributed by atoms with E-state index in [1.54, 1.807) is 24.0 Å². The van der Waals surface area contributed by atoms with Crippen LogP contribution in [0.4, 0.5) is 0 Å². The summed E-state index contributed by atoms with van der Waals surface area (Å²) in [6.07, 6.45) is 3.38. The molecule has 16 heavy (non-hydrogen) atoms. The van der Waals surface area contributed by atoms with Gasteiger partial charge in [-0.15, -0.1) is 0 Å². The van der Waals surface area contributed by atoms with Gasteiger partial charge in [0, 0.05) is 9.77 Å². The zero-order valence-corrected chi connectivity index (χ0v) is 11.0. The number of benzene rings is 1. The number of aromatic nitrogens is 2. The Morgan fingerprint density at radius 2 is 2.06 bits per heavy atom. The van der Waals surface area contributed by atoms with E-state index in [0.717, 1.165) is 0 Å². The first-order valence-electron chi connectivity index (χ1n) is 4.93. The van der Waals surface area contributed by atoms with Crippen molar-refractivity contribution < 1.29 is 4.79 Å². The normalized spacial score (nSPS) is 10.4. The van der Waals surface area contributed by atoms with Gasteiger partial charge in [0.2, 0.25) is 0 Å². The molecule has 0 fully saturated rings. The van der Waals surface area contributed by atoms with E-state index in [0.29, 0.717) is 12.1 Å². The van der Waals surface area contributed by atoms with Crippen molar-refractivity contribution in [3.63, 3.8) is 0 Å². The van der Waals surface area contributed by atoms with Gasteiger partial charge in [0.1, 0.15) is 0 Å². The third kappa shape index (κ3) is 2.69. The molecule has 0 N–H and O–H groups in total. The van der Waals surface area contributed by atoms with E-state index in [9.17, 15) is 4.79 Å². The Morgan fingerprint density at radius 3 is 2.62 bits per heavy atom. The van der Waals surface area contributed by atoms with Crippen LogP contribution in [0.25, 0.3) is 0 Å². The monoisotopic (exact) mass is 326 g/mol. The topological polar surface area (TPSA) is 34.9 Å². The van der Waals surface area contributed by atoms with Crippen LogP contribution in [0.1, 0.15) is 22.8 Å². The van der Waals surface area contributed by atoms with Crippen molar-refractivity contribution in [1.82, 2.24) is 9.78 Å². The van der Waals surface area contributed by atoms with Crippen LogP contribution in [-0.2, 0) is 6.54 Å². The van der Waals surface area contributed by atoms with Crippen molar-refractivity contribution in [2.24, 2.45) is 0 Å². The smallest absolute Gasteiger partial charge is 0.162 e. The van der Waals surface area contributed by atoms with Crippen LogP contribution in [0.5, 0.6) is 0 Å². The molecule has 0 saturated carbocycles. The van der Waals surface area contributed by atoms with Gasteiger partial charge in [-0.3, -0.25) is 9.48 Å². The first kappa shape index (κ1) is 11.3. The molecule has 82 valence electrons. The van der Waals surface area contributed by atoms with Crippen molar-refractivity contribution in [3.8, 4) is 0 Å². The van der Waals surface area contributed by atoms with E-state index in [2.05, 4.69) is 52.0 Å². The Morgan fingerprint density at radius 1 is 1.38 bits per heavy atom. The van der Waals surface area contributed by atoms with E-state index in [-0.39, 0.29) is 5.78 Å². The number of carbonyl (C=O) groups excluding carboxylic acids is 1. The van der Waals surface area contributed by atoms with E-state index in [4.69, 9.17) is 0 Å². The van der Waals surface area contributed by atoms with Gasteiger partial charge in [-0.1, -0.05) is 12.1 Å². The van der Waals surface area contributed by atoms with Crippen molar-refractivity contribution in [2.45, 2.75) is 13.5 Å². The number of Topliss-reactive ketones (excluding diaryl/α,β-unsaturated/α-hetero) is 1. The Hall–Kier alpha value is -1.17. The Bertz CT molecular complexity index is 502. The fourth-order valence-electron chi connectivity index (χ4n) is 1.41. The fraction of sp³-hybridized carbons (Fsp3) is 0.167. The molecular weight excluding hydrogens is 315 g/mol. The number of nitrogens with zero attached hydrogens (tertiary/aromatic N) is 2. The minimum absolute atomic E-state index is 0.0499. The number of hydrogen-bond donors (Lipinski definition) is 0. The molecule has 0 radical (unpaired) electrons. The molecule has 0 spiro atoms. The highest BCUT2D eigenvalue weighted by Crippen LogP contribution is 2.08. The average Bonchev–Trinajstić information content (AvgIpc) is 2.70. The van der Waals surface area contributed by atoms with Gasteiger partial charge >= 0.3 is 0 Å². The van der Waals surface area contributed by atoms with Gasteiger partial charge < -0.3 is 0 Å². The van der Waals surface area contributed by atoms with Gasteiger partial charge in [-0.05, 0) is 47.2 Å². The molecule has 0 saturated heterocycles. The third-order valence-electron chi connectivity index (χ3n) is 2.30. The summed E-state index contributed by atoms with van der Waals surface area (Å²) < 4.78 is 2.99. The quantitative estimate of drug-likeness (QED) is 0.642. The highest BCUT2D eigenvalue weighted by atomic mass is 127. The molecule has 0 aliphatic carbocycles. The molecular formula is C12H11IN2O. The van der Waals surface area contributed by atoms with Gasteiger partial charge in [0.15, 0.2) is 5.78 Å². The summed E-state index contributed by atoms with van der Waals surface area (Å²) in [6, 6.07) is 8.25. The number of carbonyl (C=O) groups is 1. The fourth-order valence-corrected chi connectivity index (χ4v) is 1.77. The largest absolute Gasteiger partial charge is 0.294 e. The van der Waals surface area contributed by atoms with Gasteiger partial charge in [0.25, 0.3) is 0 Å². The average molecular weight is 326 g/mol. The lowest BCUT2D eigenvalue weighted by Gasteiger charge is -2.01. The molecule has 1 aromatic heterocycles. The highest BCUT2D eigenvalue weighted by molar-refractivity contribution is 14.1. The molecule has 1 heterocycles. The van der Waals surface area contributed by atoms with Crippen molar-refractivity contribution in [3.05, 3.63) is 51.4 Å². The minimum Gasteiger partial charge on any atom is -0.294 e. The van der Waals surface area contributed by atoms with Crippen LogP contribution in [0.2, 0.25) is 0 Å². The van der Waals surface area contributed by atoms with Crippen molar-refractivity contribution >= 4 is 28.4 Å². The number of hydrogen-bond acceptors (Lipinski definition) is 2. The van der Waals surface area contributed by atoms with Crippen LogP contribution >= 0.6 is 22.6 Å². The first-order valence-corrected chi connectivity index (χ1v) is 6.01. The standard InChI is InChI=1S/C12H11IN2O/c1-9(16)11-6-14-15(8-11)7-10-2-4-12(13)5-3-10/h2-6,8H,7H2,1H3. The number of ketones is 1. The number of halogens is 1. The molecule has 1 aromatic carbocycles. The van der Waals surface area contributed by atoms with Crippen LogP contribution in [-0.4, -0.2) is 15.6 Å². The molecule has 0 aliphatic rings. The maximum absolute atomic E-state index is 11.1. The van der Waals surface area contributed by atoms with Gasteiger partial charge in [-0.25, -0.2) is 0 Å². The third-order valence-corrected chi connectivity index (χ3v) is 3.02. The SMILES string of the molecule is CC(=O)c1cnn(Cc2ccc(I)cc2)c1. The predicted octanol–water partition coefficient (Wildman–Crippen LogP) is 2.74. The zero-order chi connectivity index (χ0) is 11.5. The Labute approximate surface area is 108 Å². The van der Waals surface area contributed by atoms with E-state index in [1.165, 1.54) is 9.13 Å². The van der Waals surface area contributed by atoms with Gasteiger partial charge in [-0.2, -0.15) is 5.10 Å². The summed E-state index contributed by atoms with van der Waals surface area (Å²) >= 11 is 2.27. The Kier molecular flexibility index (Phi) is 3.38. The predicted molar refractivity (Wildman–Crippen MR) is 70.5 cm³/mol. The minimum atomic E-state index is 0.0499. The molecule has 0 aliphatic heterocycles.